The van der Waals surface area contributed by atoms with Crippen LogP contribution in [-0.4, -0.2) is 29.2 Å². The summed E-state index contributed by atoms with van der Waals surface area (Å²) in [7, 11) is 0. The molecule has 1 fully saturated rings. The van der Waals surface area contributed by atoms with Gasteiger partial charge in [-0.05, 0) is 31.3 Å². The molecule has 0 aliphatic heterocycles. The predicted molar refractivity (Wildman–Crippen MR) is 66.2 cm³/mol. The highest BCUT2D eigenvalue weighted by Crippen LogP contribution is 2.26. The molecule has 0 aromatic rings. The van der Waals surface area contributed by atoms with Crippen molar-refractivity contribution >= 4 is 30.3 Å². The molecule has 2 nitrogen and oxygen atoms in total. The minimum atomic E-state index is 0.159. The molecule has 2 unspecified atom stereocenters. The van der Waals surface area contributed by atoms with Crippen molar-refractivity contribution in [1.29, 1.82) is 0 Å². The molecule has 0 saturated heterocycles. The molecule has 14 heavy (non-hydrogen) atoms. The lowest BCUT2D eigenvalue weighted by molar-refractivity contribution is -0.121. The molecule has 0 radical (unpaired) electrons. The van der Waals surface area contributed by atoms with Crippen LogP contribution < -0.4 is 5.32 Å². The van der Waals surface area contributed by atoms with Gasteiger partial charge in [-0.3, -0.25) is 4.79 Å². The van der Waals surface area contributed by atoms with E-state index in [1.165, 1.54) is 12.8 Å². The van der Waals surface area contributed by atoms with Crippen molar-refractivity contribution in [1.82, 2.24) is 5.32 Å². The Labute approximate surface area is 96.0 Å². The van der Waals surface area contributed by atoms with Crippen LogP contribution in [0.4, 0.5) is 0 Å². The largest absolute Gasteiger partial charge is 0.353 e. The van der Waals surface area contributed by atoms with Gasteiger partial charge < -0.3 is 5.32 Å². The van der Waals surface area contributed by atoms with Gasteiger partial charge in [0.05, 0.1) is 0 Å². The predicted octanol–water partition coefficient (Wildman–Crippen LogP) is 2.10. The lowest BCUT2D eigenvalue weighted by Crippen LogP contribution is -2.39. The molecule has 1 amide bonds. The third kappa shape index (κ3) is 4.13. The summed E-state index contributed by atoms with van der Waals surface area (Å²) >= 11 is 5.97. The van der Waals surface area contributed by atoms with Gasteiger partial charge in [-0.25, -0.2) is 0 Å². The number of rotatable bonds is 4. The highest BCUT2D eigenvalue weighted by molar-refractivity contribution is 7.99. The first-order chi connectivity index (χ1) is 6.76. The van der Waals surface area contributed by atoms with Crippen molar-refractivity contribution in [2.75, 3.05) is 12.0 Å². The molecule has 1 rings (SSSR count). The van der Waals surface area contributed by atoms with Crippen molar-refractivity contribution in [3.05, 3.63) is 0 Å². The fourth-order valence-electron chi connectivity index (χ4n) is 1.89. The van der Waals surface area contributed by atoms with E-state index in [0.29, 0.717) is 18.2 Å². The SMILES string of the molecule is CSC1CCCC(NC(=O)CCS)C1. The Kier molecular flexibility index (Phi) is 5.78. The fraction of sp³-hybridized carbons (Fsp3) is 0.900. The molecular formula is C10H19NOS2. The highest BCUT2D eigenvalue weighted by atomic mass is 32.2. The Hall–Kier alpha value is 0.170. The molecule has 0 aromatic heterocycles. The monoisotopic (exact) mass is 233 g/mol. The van der Waals surface area contributed by atoms with Gasteiger partial charge in [-0.2, -0.15) is 24.4 Å². The Morgan fingerprint density at radius 1 is 1.57 bits per heavy atom. The van der Waals surface area contributed by atoms with E-state index in [1.807, 2.05) is 11.8 Å². The van der Waals surface area contributed by atoms with E-state index in [4.69, 9.17) is 0 Å². The molecule has 0 aromatic carbocycles. The summed E-state index contributed by atoms with van der Waals surface area (Å²) in [4.78, 5) is 11.3. The van der Waals surface area contributed by atoms with Crippen LogP contribution in [0.15, 0.2) is 0 Å². The number of thioether (sulfide) groups is 1. The van der Waals surface area contributed by atoms with E-state index in [0.717, 1.165) is 18.1 Å². The summed E-state index contributed by atoms with van der Waals surface area (Å²) in [5, 5.41) is 3.82. The van der Waals surface area contributed by atoms with Crippen molar-refractivity contribution in [3.8, 4) is 0 Å². The minimum Gasteiger partial charge on any atom is -0.353 e. The average Bonchev–Trinajstić information content (AvgIpc) is 2.18. The zero-order chi connectivity index (χ0) is 10.4. The van der Waals surface area contributed by atoms with Gasteiger partial charge in [-0.1, -0.05) is 6.42 Å². The fourth-order valence-corrected chi connectivity index (χ4v) is 2.92. The third-order valence-electron chi connectivity index (χ3n) is 2.66. The normalized spacial score (nSPS) is 27.3. The lowest BCUT2D eigenvalue weighted by atomic mass is 9.95. The molecular weight excluding hydrogens is 214 g/mol. The molecule has 4 heteroatoms. The van der Waals surface area contributed by atoms with E-state index in [1.54, 1.807) is 0 Å². The molecule has 1 aliphatic carbocycles. The number of carbonyl (C=O) groups is 1. The molecule has 2 atom stereocenters. The summed E-state index contributed by atoms with van der Waals surface area (Å²) in [6.45, 7) is 0. The molecule has 82 valence electrons. The number of nitrogens with one attached hydrogen (secondary N) is 1. The molecule has 1 N–H and O–H groups in total. The standard InChI is InChI=1S/C10H19NOS2/c1-14-9-4-2-3-8(7-9)11-10(12)5-6-13/h8-9,13H,2-7H2,1H3,(H,11,12). The van der Waals surface area contributed by atoms with Gasteiger partial charge in [0.15, 0.2) is 0 Å². The van der Waals surface area contributed by atoms with Gasteiger partial charge in [-0.15, -0.1) is 0 Å². The smallest absolute Gasteiger partial charge is 0.221 e. The van der Waals surface area contributed by atoms with Crippen LogP contribution in [0.1, 0.15) is 32.1 Å². The van der Waals surface area contributed by atoms with Crippen LogP contribution in [-0.2, 0) is 4.79 Å². The lowest BCUT2D eigenvalue weighted by Gasteiger charge is -2.28. The second-order valence-electron chi connectivity index (χ2n) is 3.76. The van der Waals surface area contributed by atoms with Gasteiger partial charge in [0.2, 0.25) is 5.91 Å². The van der Waals surface area contributed by atoms with Crippen LogP contribution >= 0.6 is 24.4 Å². The van der Waals surface area contributed by atoms with Crippen molar-refractivity contribution in [2.45, 2.75) is 43.4 Å². The summed E-state index contributed by atoms with van der Waals surface area (Å²) in [5.74, 6) is 0.802. The first-order valence-electron chi connectivity index (χ1n) is 5.19. The Morgan fingerprint density at radius 2 is 2.36 bits per heavy atom. The Balaban J connectivity index is 2.26. The van der Waals surface area contributed by atoms with Crippen LogP contribution in [0.2, 0.25) is 0 Å². The van der Waals surface area contributed by atoms with Crippen molar-refractivity contribution < 1.29 is 4.79 Å². The van der Waals surface area contributed by atoms with Crippen LogP contribution in [0.5, 0.6) is 0 Å². The highest BCUT2D eigenvalue weighted by Gasteiger charge is 2.21. The minimum absolute atomic E-state index is 0.159. The first-order valence-corrected chi connectivity index (χ1v) is 7.11. The molecule has 0 bridgehead atoms. The maximum Gasteiger partial charge on any atom is 0.221 e. The summed E-state index contributed by atoms with van der Waals surface area (Å²) in [6.07, 6.45) is 7.54. The number of hydrogen-bond acceptors (Lipinski definition) is 3. The van der Waals surface area contributed by atoms with E-state index >= 15 is 0 Å². The second kappa shape index (κ2) is 6.62. The molecule has 0 heterocycles. The van der Waals surface area contributed by atoms with E-state index in [2.05, 4.69) is 24.2 Å². The van der Waals surface area contributed by atoms with E-state index < -0.39 is 0 Å². The zero-order valence-electron chi connectivity index (χ0n) is 8.66. The van der Waals surface area contributed by atoms with Crippen molar-refractivity contribution in [3.63, 3.8) is 0 Å². The number of hydrogen-bond donors (Lipinski definition) is 2. The Morgan fingerprint density at radius 3 is 3.00 bits per heavy atom. The van der Waals surface area contributed by atoms with Crippen LogP contribution in [0, 0.1) is 0 Å². The molecule has 1 saturated carbocycles. The number of amides is 1. The zero-order valence-corrected chi connectivity index (χ0v) is 10.4. The van der Waals surface area contributed by atoms with Crippen molar-refractivity contribution in [2.24, 2.45) is 0 Å². The first kappa shape index (κ1) is 12.2. The third-order valence-corrected chi connectivity index (χ3v) is 3.98. The molecule has 1 aliphatic rings. The number of carbonyl (C=O) groups excluding carboxylic acids is 1. The van der Waals surface area contributed by atoms with Gasteiger partial charge in [0, 0.05) is 17.7 Å². The summed E-state index contributed by atoms with van der Waals surface area (Å²) < 4.78 is 0. The Bertz CT molecular complexity index is 187. The van der Waals surface area contributed by atoms with Gasteiger partial charge in [0.25, 0.3) is 0 Å². The van der Waals surface area contributed by atoms with Crippen LogP contribution in [0.25, 0.3) is 0 Å². The quantitative estimate of drug-likeness (QED) is 0.728. The summed E-state index contributed by atoms with van der Waals surface area (Å²) in [5.41, 5.74) is 0. The van der Waals surface area contributed by atoms with Gasteiger partial charge in [0.1, 0.15) is 0 Å². The number of thiol groups is 1. The second-order valence-corrected chi connectivity index (χ2v) is 5.35. The van der Waals surface area contributed by atoms with E-state index in [-0.39, 0.29) is 5.91 Å². The van der Waals surface area contributed by atoms with E-state index in [9.17, 15) is 4.79 Å². The average molecular weight is 233 g/mol. The maximum atomic E-state index is 11.3. The summed E-state index contributed by atoms with van der Waals surface area (Å²) in [6, 6.07) is 0.411. The van der Waals surface area contributed by atoms with Crippen LogP contribution in [0.3, 0.4) is 0 Å². The topological polar surface area (TPSA) is 29.1 Å². The van der Waals surface area contributed by atoms with Gasteiger partial charge >= 0.3 is 0 Å². The molecule has 0 spiro atoms. The maximum absolute atomic E-state index is 11.3.